The first-order valence-electron chi connectivity index (χ1n) is 10.9. The van der Waals surface area contributed by atoms with E-state index in [1.807, 2.05) is 0 Å². The highest BCUT2D eigenvalue weighted by Crippen LogP contribution is 2.32. The van der Waals surface area contributed by atoms with Crippen molar-refractivity contribution in [2.75, 3.05) is 18.5 Å². The highest BCUT2D eigenvalue weighted by molar-refractivity contribution is 5.79. The number of carbonyl (C=O) groups is 1. The molecule has 0 unspecified atom stereocenters. The largest absolute Gasteiger partial charge is 0.365 e. The van der Waals surface area contributed by atoms with Crippen molar-refractivity contribution in [3.8, 4) is 0 Å². The summed E-state index contributed by atoms with van der Waals surface area (Å²) in [6.07, 6.45) is 0.00550. The van der Waals surface area contributed by atoms with E-state index in [0.29, 0.717) is 41.7 Å². The number of aryl methyl sites for hydroxylation is 1. The average molecular weight is 446 g/mol. The van der Waals surface area contributed by atoms with E-state index >= 15 is 0 Å². The van der Waals surface area contributed by atoms with E-state index in [-0.39, 0.29) is 30.5 Å². The van der Waals surface area contributed by atoms with Crippen molar-refractivity contribution in [3.63, 3.8) is 0 Å². The highest BCUT2D eigenvalue weighted by Gasteiger charge is 2.29. The third-order valence-electron chi connectivity index (χ3n) is 5.96. The third kappa shape index (κ3) is 5.05. The van der Waals surface area contributed by atoms with Crippen LogP contribution in [0.4, 0.5) is 14.6 Å². The Morgan fingerprint density at radius 3 is 2.59 bits per heavy atom. The van der Waals surface area contributed by atoms with Crippen LogP contribution in [0.3, 0.4) is 0 Å². The van der Waals surface area contributed by atoms with E-state index in [9.17, 15) is 13.6 Å². The number of alkyl halides is 2. The molecular weight excluding hydrogens is 418 g/mol. The minimum Gasteiger partial charge on any atom is -0.365 e. The minimum absolute atomic E-state index is 0.0132. The van der Waals surface area contributed by atoms with Gasteiger partial charge in [-0.2, -0.15) is 0 Å². The lowest BCUT2D eigenvalue weighted by Gasteiger charge is -2.26. The molecular formula is C23H28F2N4O3. The summed E-state index contributed by atoms with van der Waals surface area (Å²) in [5.74, 6) is 0.884. The van der Waals surface area contributed by atoms with Crippen LogP contribution in [0.2, 0.25) is 0 Å². The number of ether oxygens (including phenoxy) is 2. The normalized spacial score (nSPS) is 16.9. The number of nitrogens with zero attached hydrogens (tertiary/aromatic N) is 2. The van der Waals surface area contributed by atoms with Gasteiger partial charge in [-0.15, -0.1) is 0 Å². The fourth-order valence-electron chi connectivity index (χ4n) is 3.98. The van der Waals surface area contributed by atoms with Crippen molar-refractivity contribution in [3.05, 3.63) is 52.0 Å². The Morgan fingerprint density at radius 1 is 1.19 bits per heavy atom. The lowest BCUT2D eigenvalue weighted by atomic mass is 9.93. The topological polar surface area (TPSA) is 85.4 Å². The number of halogens is 2. The number of nitrogens with one attached hydrogen (secondary N) is 2. The molecule has 2 fully saturated rings. The Balaban J connectivity index is 1.60. The molecule has 1 saturated carbocycles. The first kappa shape index (κ1) is 22.5. The lowest BCUT2D eigenvalue weighted by molar-refractivity contribution is -0.121. The maximum Gasteiger partial charge on any atom is 0.264 e. The Labute approximate surface area is 185 Å². The average Bonchev–Trinajstić information content (AvgIpc) is 3.23. The lowest BCUT2D eigenvalue weighted by Crippen LogP contribution is -2.40. The van der Waals surface area contributed by atoms with Crippen molar-refractivity contribution in [2.45, 2.75) is 64.8 Å². The SMILES string of the molecule is Cc1nc(CC(=O)NC2CCC2)c(C2OCCO2)c(NCc2cccc(C(F)F)c2C)n1. The second-order valence-electron chi connectivity index (χ2n) is 8.21. The number of hydrogen-bond acceptors (Lipinski definition) is 6. The van der Waals surface area contributed by atoms with Crippen LogP contribution in [0.1, 0.15) is 65.8 Å². The number of anilines is 1. The van der Waals surface area contributed by atoms with Crippen LogP contribution in [0.15, 0.2) is 18.2 Å². The molecule has 2 aromatic rings. The van der Waals surface area contributed by atoms with Crippen LogP contribution in [0.5, 0.6) is 0 Å². The van der Waals surface area contributed by atoms with Gasteiger partial charge < -0.3 is 20.1 Å². The van der Waals surface area contributed by atoms with Crippen LogP contribution in [-0.4, -0.2) is 35.1 Å². The molecule has 1 saturated heterocycles. The summed E-state index contributed by atoms with van der Waals surface area (Å²) in [5.41, 5.74) is 2.42. The van der Waals surface area contributed by atoms with Gasteiger partial charge in [0.1, 0.15) is 11.6 Å². The van der Waals surface area contributed by atoms with Crippen LogP contribution in [0.25, 0.3) is 0 Å². The van der Waals surface area contributed by atoms with Crippen LogP contribution in [-0.2, 0) is 27.2 Å². The highest BCUT2D eigenvalue weighted by atomic mass is 19.3. The summed E-state index contributed by atoms with van der Waals surface area (Å²) >= 11 is 0. The van der Waals surface area contributed by atoms with Crippen molar-refractivity contribution in [1.82, 2.24) is 15.3 Å². The first-order chi connectivity index (χ1) is 15.4. The van der Waals surface area contributed by atoms with Crippen molar-refractivity contribution < 1.29 is 23.0 Å². The van der Waals surface area contributed by atoms with E-state index in [1.54, 1.807) is 26.0 Å². The second kappa shape index (κ2) is 9.87. The molecule has 0 atom stereocenters. The monoisotopic (exact) mass is 446 g/mol. The molecule has 9 heteroatoms. The number of hydrogen-bond donors (Lipinski definition) is 2. The zero-order chi connectivity index (χ0) is 22.7. The summed E-state index contributed by atoms with van der Waals surface area (Å²) in [4.78, 5) is 21.6. The molecule has 2 heterocycles. The van der Waals surface area contributed by atoms with Gasteiger partial charge >= 0.3 is 0 Å². The molecule has 2 N–H and O–H groups in total. The van der Waals surface area contributed by atoms with Crippen LogP contribution < -0.4 is 10.6 Å². The number of benzene rings is 1. The Kier molecular flexibility index (Phi) is 6.95. The fraction of sp³-hybridized carbons (Fsp3) is 0.522. The van der Waals surface area contributed by atoms with E-state index < -0.39 is 12.7 Å². The summed E-state index contributed by atoms with van der Waals surface area (Å²) in [6.45, 7) is 4.59. The van der Waals surface area contributed by atoms with E-state index in [1.165, 1.54) is 6.07 Å². The van der Waals surface area contributed by atoms with E-state index in [2.05, 4.69) is 20.6 Å². The zero-order valence-electron chi connectivity index (χ0n) is 18.3. The first-order valence-corrected chi connectivity index (χ1v) is 10.9. The van der Waals surface area contributed by atoms with Gasteiger partial charge in [0.25, 0.3) is 6.43 Å². The van der Waals surface area contributed by atoms with E-state index in [0.717, 1.165) is 24.8 Å². The predicted octanol–water partition coefficient (Wildman–Crippen LogP) is 3.90. The van der Waals surface area contributed by atoms with Crippen LogP contribution in [0, 0.1) is 13.8 Å². The summed E-state index contributed by atoms with van der Waals surface area (Å²) in [7, 11) is 0. The summed E-state index contributed by atoms with van der Waals surface area (Å²) < 4.78 is 38.0. The number of rotatable bonds is 8. The zero-order valence-corrected chi connectivity index (χ0v) is 18.3. The molecule has 32 heavy (non-hydrogen) atoms. The third-order valence-corrected chi connectivity index (χ3v) is 5.96. The van der Waals surface area contributed by atoms with Gasteiger partial charge in [-0.3, -0.25) is 4.79 Å². The maximum atomic E-state index is 13.3. The molecule has 4 rings (SSSR count). The van der Waals surface area contributed by atoms with Crippen molar-refractivity contribution in [1.29, 1.82) is 0 Å². The molecule has 0 spiro atoms. The summed E-state index contributed by atoms with van der Waals surface area (Å²) in [5, 5.41) is 6.27. The molecule has 1 aromatic heterocycles. The van der Waals surface area contributed by atoms with Gasteiger partial charge in [0.05, 0.1) is 30.9 Å². The Bertz CT molecular complexity index is 976. The quantitative estimate of drug-likeness (QED) is 0.640. The predicted molar refractivity (Wildman–Crippen MR) is 114 cm³/mol. The molecule has 7 nitrogen and oxygen atoms in total. The second-order valence-corrected chi connectivity index (χ2v) is 8.21. The minimum atomic E-state index is -2.53. The molecule has 1 aliphatic carbocycles. The molecule has 1 amide bonds. The van der Waals surface area contributed by atoms with Gasteiger partial charge in [0.15, 0.2) is 6.29 Å². The molecule has 0 radical (unpaired) electrons. The molecule has 1 aromatic carbocycles. The fourth-order valence-corrected chi connectivity index (χ4v) is 3.98. The Morgan fingerprint density at radius 2 is 1.94 bits per heavy atom. The van der Waals surface area contributed by atoms with Gasteiger partial charge in [-0.1, -0.05) is 18.2 Å². The smallest absolute Gasteiger partial charge is 0.264 e. The molecule has 172 valence electrons. The number of amides is 1. The number of carbonyl (C=O) groups excluding carboxylic acids is 1. The molecule has 2 aliphatic rings. The Hall–Kier alpha value is -2.65. The van der Waals surface area contributed by atoms with Gasteiger partial charge in [-0.05, 0) is 44.2 Å². The van der Waals surface area contributed by atoms with Gasteiger partial charge in [0, 0.05) is 18.2 Å². The van der Waals surface area contributed by atoms with Crippen molar-refractivity contribution >= 4 is 11.7 Å². The van der Waals surface area contributed by atoms with E-state index in [4.69, 9.17) is 9.47 Å². The molecule has 0 bridgehead atoms. The van der Waals surface area contributed by atoms with Gasteiger partial charge in [0.2, 0.25) is 5.91 Å². The van der Waals surface area contributed by atoms with Crippen molar-refractivity contribution in [2.24, 2.45) is 0 Å². The standard InChI is InChI=1S/C23H28F2N4O3/c1-13-15(5-3-8-17(13)21(24)25)12-26-22-20(23-31-9-10-32-23)18(27-14(2)28-22)11-19(30)29-16-6-4-7-16/h3,5,8,16,21,23H,4,6-7,9-12H2,1-2H3,(H,29,30)(H,26,27,28). The maximum absolute atomic E-state index is 13.3. The number of aromatic nitrogens is 2. The molecule has 1 aliphatic heterocycles. The van der Waals surface area contributed by atoms with Gasteiger partial charge in [-0.25, -0.2) is 18.7 Å². The summed E-state index contributed by atoms with van der Waals surface area (Å²) in [6, 6.07) is 5.09. The van der Waals surface area contributed by atoms with Crippen LogP contribution >= 0.6 is 0 Å².